The molecule has 1 aromatic carbocycles. The van der Waals surface area contributed by atoms with E-state index in [-0.39, 0.29) is 0 Å². The molecule has 0 spiro atoms. The first-order chi connectivity index (χ1) is 8.29. The van der Waals surface area contributed by atoms with E-state index in [1.54, 1.807) is 0 Å². The van der Waals surface area contributed by atoms with Crippen LogP contribution in [-0.2, 0) is 0 Å². The highest BCUT2D eigenvalue weighted by molar-refractivity contribution is 5.20. The molecule has 0 amide bonds. The van der Waals surface area contributed by atoms with Crippen LogP contribution in [-0.4, -0.2) is 25.4 Å². The summed E-state index contributed by atoms with van der Waals surface area (Å²) in [6.45, 7) is 1.74. The predicted molar refractivity (Wildman–Crippen MR) is 67.1 cm³/mol. The van der Waals surface area contributed by atoms with Crippen LogP contribution in [0.25, 0.3) is 0 Å². The Balaban J connectivity index is 1.58. The number of hydrogen-bond acceptors (Lipinski definition) is 2. The van der Waals surface area contributed by atoms with Crippen LogP contribution in [0.4, 0.5) is 4.39 Å². The van der Waals surface area contributed by atoms with E-state index in [9.17, 15) is 4.39 Å². The summed E-state index contributed by atoms with van der Waals surface area (Å²) >= 11 is 0. The number of alkyl halides is 1. The van der Waals surface area contributed by atoms with Crippen molar-refractivity contribution in [2.24, 2.45) is 0 Å². The molecule has 0 atom stereocenters. The van der Waals surface area contributed by atoms with E-state index in [1.807, 2.05) is 30.3 Å². The lowest BCUT2D eigenvalue weighted by atomic mass is 10.1. The zero-order valence-electron chi connectivity index (χ0n) is 10.1. The van der Waals surface area contributed by atoms with Gasteiger partial charge in [-0.15, -0.1) is 0 Å². The van der Waals surface area contributed by atoms with Crippen LogP contribution >= 0.6 is 0 Å². The molecule has 0 aromatic heterocycles. The molecule has 1 saturated carbocycles. The van der Waals surface area contributed by atoms with Crippen molar-refractivity contribution in [3.05, 3.63) is 30.3 Å². The van der Waals surface area contributed by atoms with E-state index >= 15 is 0 Å². The summed E-state index contributed by atoms with van der Waals surface area (Å²) < 4.78 is 19.5. The molecule has 0 saturated heterocycles. The molecule has 0 unspecified atom stereocenters. The molecule has 1 fully saturated rings. The number of para-hydroxylation sites is 1. The van der Waals surface area contributed by atoms with E-state index in [1.165, 1.54) is 0 Å². The summed E-state index contributed by atoms with van der Waals surface area (Å²) in [5.41, 5.74) is -0.966. The average Bonchev–Trinajstić information content (AvgIpc) is 2.77. The maximum absolute atomic E-state index is 14.0. The highest BCUT2D eigenvalue weighted by Gasteiger charge is 2.32. The molecule has 1 aliphatic rings. The van der Waals surface area contributed by atoms with Gasteiger partial charge in [0.05, 0.1) is 0 Å². The van der Waals surface area contributed by atoms with Crippen LogP contribution in [0.3, 0.4) is 0 Å². The molecule has 0 aliphatic heterocycles. The van der Waals surface area contributed by atoms with Gasteiger partial charge in [0.1, 0.15) is 18.0 Å². The summed E-state index contributed by atoms with van der Waals surface area (Å²) in [6.07, 6.45) is 3.47. The lowest BCUT2D eigenvalue weighted by molar-refractivity contribution is 0.165. The van der Waals surface area contributed by atoms with Crippen molar-refractivity contribution in [3.8, 4) is 5.75 Å². The number of nitrogens with one attached hydrogen (secondary N) is 1. The maximum Gasteiger partial charge on any atom is 0.123 e. The second kappa shape index (κ2) is 6.01. The van der Waals surface area contributed by atoms with E-state index in [0.717, 1.165) is 18.6 Å². The number of halogens is 1. The zero-order chi connectivity index (χ0) is 12.0. The molecule has 1 aliphatic carbocycles. The lowest BCUT2D eigenvalue weighted by Gasteiger charge is -2.19. The molecule has 94 valence electrons. The maximum atomic E-state index is 14.0. The molecule has 0 heterocycles. The van der Waals surface area contributed by atoms with Gasteiger partial charge in [-0.3, -0.25) is 0 Å². The van der Waals surface area contributed by atoms with Crippen LogP contribution < -0.4 is 10.1 Å². The average molecular weight is 237 g/mol. The van der Waals surface area contributed by atoms with Gasteiger partial charge in [-0.1, -0.05) is 31.0 Å². The first-order valence-electron chi connectivity index (χ1n) is 6.36. The molecule has 2 nitrogen and oxygen atoms in total. The summed E-state index contributed by atoms with van der Waals surface area (Å²) in [5.74, 6) is 0.866. The summed E-state index contributed by atoms with van der Waals surface area (Å²) in [4.78, 5) is 0. The minimum absolute atomic E-state index is 0.463. The van der Waals surface area contributed by atoms with Crippen molar-refractivity contribution in [1.29, 1.82) is 0 Å². The van der Waals surface area contributed by atoms with Crippen molar-refractivity contribution in [3.63, 3.8) is 0 Å². The van der Waals surface area contributed by atoms with E-state index in [2.05, 4.69) is 5.32 Å². The Kier molecular flexibility index (Phi) is 4.37. The van der Waals surface area contributed by atoms with Crippen molar-refractivity contribution >= 4 is 0 Å². The normalized spacial score (nSPS) is 18.2. The van der Waals surface area contributed by atoms with Crippen molar-refractivity contribution in [2.75, 3.05) is 19.7 Å². The standard InChI is InChI=1S/C14H20FNO/c15-14(8-4-5-9-14)12-16-10-11-17-13-6-2-1-3-7-13/h1-3,6-7,16H,4-5,8-12H2. The summed E-state index contributed by atoms with van der Waals surface area (Å²) in [6, 6.07) is 9.69. The molecular formula is C14H20FNO. The Bertz CT molecular complexity index is 322. The van der Waals surface area contributed by atoms with Gasteiger partial charge in [-0.05, 0) is 25.0 Å². The molecule has 2 rings (SSSR count). The van der Waals surface area contributed by atoms with Gasteiger partial charge in [0.2, 0.25) is 0 Å². The number of benzene rings is 1. The number of ether oxygens (including phenoxy) is 1. The van der Waals surface area contributed by atoms with Crippen molar-refractivity contribution < 1.29 is 9.13 Å². The van der Waals surface area contributed by atoms with E-state index < -0.39 is 5.67 Å². The third kappa shape index (κ3) is 4.00. The fourth-order valence-corrected chi connectivity index (χ4v) is 2.26. The molecule has 1 N–H and O–H groups in total. The highest BCUT2D eigenvalue weighted by Crippen LogP contribution is 2.32. The molecular weight excluding hydrogens is 217 g/mol. The molecule has 1 aromatic rings. The Morgan fingerprint density at radius 2 is 1.88 bits per heavy atom. The molecule has 17 heavy (non-hydrogen) atoms. The third-order valence-corrected chi connectivity index (χ3v) is 3.23. The van der Waals surface area contributed by atoms with Crippen LogP contribution in [0.5, 0.6) is 5.75 Å². The van der Waals surface area contributed by atoms with E-state index in [0.29, 0.717) is 32.5 Å². The van der Waals surface area contributed by atoms with Gasteiger partial charge in [0.25, 0.3) is 0 Å². The first kappa shape index (κ1) is 12.4. The first-order valence-corrected chi connectivity index (χ1v) is 6.36. The van der Waals surface area contributed by atoms with Gasteiger partial charge in [0.15, 0.2) is 0 Å². The van der Waals surface area contributed by atoms with E-state index in [4.69, 9.17) is 4.74 Å². The number of hydrogen-bond donors (Lipinski definition) is 1. The third-order valence-electron chi connectivity index (χ3n) is 3.23. The largest absolute Gasteiger partial charge is 0.492 e. The Morgan fingerprint density at radius 3 is 2.59 bits per heavy atom. The van der Waals surface area contributed by atoms with Crippen molar-refractivity contribution in [2.45, 2.75) is 31.4 Å². The van der Waals surface area contributed by atoms with Crippen molar-refractivity contribution in [1.82, 2.24) is 5.32 Å². The lowest BCUT2D eigenvalue weighted by Crippen LogP contribution is -2.36. The van der Waals surface area contributed by atoms with Crippen LogP contribution in [0, 0.1) is 0 Å². The molecule has 0 radical (unpaired) electrons. The smallest absolute Gasteiger partial charge is 0.123 e. The second-order valence-corrected chi connectivity index (χ2v) is 4.70. The van der Waals surface area contributed by atoms with Gasteiger partial charge in [-0.2, -0.15) is 0 Å². The summed E-state index contributed by atoms with van der Waals surface area (Å²) in [7, 11) is 0. The Hall–Kier alpha value is -1.09. The predicted octanol–water partition coefficient (Wildman–Crippen LogP) is 2.94. The molecule has 3 heteroatoms. The van der Waals surface area contributed by atoms with Gasteiger partial charge >= 0.3 is 0 Å². The van der Waals surface area contributed by atoms with Crippen LogP contribution in [0.15, 0.2) is 30.3 Å². The second-order valence-electron chi connectivity index (χ2n) is 4.70. The van der Waals surface area contributed by atoms with Crippen LogP contribution in [0.1, 0.15) is 25.7 Å². The van der Waals surface area contributed by atoms with Crippen LogP contribution in [0.2, 0.25) is 0 Å². The summed E-state index contributed by atoms with van der Waals surface area (Å²) in [5, 5.41) is 3.14. The molecule has 0 bridgehead atoms. The van der Waals surface area contributed by atoms with Gasteiger partial charge in [0, 0.05) is 13.1 Å². The Labute approximate surface area is 102 Å². The van der Waals surface area contributed by atoms with Gasteiger partial charge < -0.3 is 10.1 Å². The fraction of sp³-hybridized carbons (Fsp3) is 0.571. The minimum atomic E-state index is -0.966. The zero-order valence-corrected chi connectivity index (χ0v) is 10.1. The Morgan fingerprint density at radius 1 is 1.18 bits per heavy atom. The fourth-order valence-electron chi connectivity index (χ4n) is 2.26. The van der Waals surface area contributed by atoms with Gasteiger partial charge in [-0.25, -0.2) is 4.39 Å². The number of rotatable bonds is 6. The highest BCUT2D eigenvalue weighted by atomic mass is 19.1. The monoisotopic (exact) mass is 237 g/mol. The quantitative estimate of drug-likeness (QED) is 0.768. The topological polar surface area (TPSA) is 21.3 Å². The minimum Gasteiger partial charge on any atom is -0.492 e. The SMILES string of the molecule is FC1(CNCCOc2ccccc2)CCCC1.